The Kier molecular flexibility index (Phi) is 8.00. The molecule has 11 heteroatoms. The molecule has 0 radical (unpaired) electrons. The fourth-order valence-electron chi connectivity index (χ4n) is 2.77. The Morgan fingerprint density at radius 3 is 2.90 bits per heavy atom. The number of benzene rings is 1. The highest BCUT2D eigenvalue weighted by Crippen LogP contribution is 2.50. The maximum Gasteiger partial charge on any atom is 0.372 e. The number of hydroxylamine groups is 1. The Bertz CT molecular complexity index is 879. The molecule has 0 amide bonds. The summed E-state index contributed by atoms with van der Waals surface area (Å²) in [6.07, 6.45) is 3.38. The van der Waals surface area contributed by atoms with Crippen LogP contribution in [0.1, 0.15) is 12.5 Å². The van der Waals surface area contributed by atoms with Crippen LogP contribution in [-0.4, -0.2) is 55.0 Å². The second kappa shape index (κ2) is 10.7. The van der Waals surface area contributed by atoms with Gasteiger partial charge in [-0.15, -0.1) is 0 Å². The molecule has 31 heavy (non-hydrogen) atoms. The summed E-state index contributed by atoms with van der Waals surface area (Å²) >= 11 is 0. The van der Waals surface area contributed by atoms with Crippen molar-refractivity contribution in [2.45, 2.75) is 25.5 Å². The zero-order valence-corrected chi connectivity index (χ0v) is 18.2. The number of carbonyl (C=O) groups is 1. The third-order valence-corrected chi connectivity index (χ3v) is 5.93. The van der Waals surface area contributed by atoms with Crippen LogP contribution in [-0.2, 0) is 34.4 Å². The van der Waals surface area contributed by atoms with Crippen LogP contribution < -0.4 is 11.2 Å². The largest absolute Gasteiger partial charge is 0.464 e. The Morgan fingerprint density at radius 1 is 1.45 bits per heavy atom. The number of carbonyl (C=O) groups excluding carboxylic acids is 1. The van der Waals surface area contributed by atoms with Crippen LogP contribution in [0.2, 0.25) is 0 Å². The number of ether oxygens (including phenoxy) is 2. The summed E-state index contributed by atoms with van der Waals surface area (Å²) in [6.45, 7) is 6.06. The highest BCUT2D eigenvalue weighted by molar-refractivity contribution is 7.53. The van der Waals surface area contributed by atoms with E-state index in [4.69, 9.17) is 24.4 Å². The Balaban J connectivity index is 1.35. The summed E-state index contributed by atoms with van der Waals surface area (Å²) in [5.74, 6) is 0.335. The van der Waals surface area contributed by atoms with Crippen molar-refractivity contribution in [1.82, 2.24) is 10.4 Å². The van der Waals surface area contributed by atoms with E-state index in [1.165, 1.54) is 0 Å². The molecule has 1 aromatic carbocycles. The normalized spacial score (nSPS) is 24.5. The highest BCUT2D eigenvalue weighted by Gasteiger charge is 2.35. The standard InChI is InChI=1S/C20H27N4O6P/c1-15(20(25)27-11-9-17-6-4-3-5-7-17)23-30-31(26)14-28-18(13-29-31)12-24-10-8-19(21)22-16(24)2/h3-8,10,15,18,23H,2,9,11-14H2,1H3,(H2,21,22)/t15?,18-,31?/m0/s1. The van der Waals surface area contributed by atoms with E-state index in [0.29, 0.717) is 24.6 Å². The first-order valence-electron chi connectivity index (χ1n) is 9.82. The second-order valence-corrected chi connectivity index (χ2v) is 9.00. The number of hydrogen-bond acceptors (Lipinski definition) is 10. The van der Waals surface area contributed by atoms with Gasteiger partial charge < -0.3 is 24.6 Å². The van der Waals surface area contributed by atoms with Gasteiger partial charge in [-0.25, -0.2) is 9.62 Å². The van der Waals surface area contributed by atoms with Crippen molar-refractivity contribution in [2.75, 3.05) is 26.1 Å². The van der Waals surface area contributed by atoms with Crippen LogP contribution >= 0.6 is 7.60 Å². The molecule has 2 aliphatic rings. The number of amidine groups is 1. The van der Waals surface area contributed by atoms with E-state index in [9.17, 15) is 9.36 Å². The topological polar surface area (TPSA) is 125 Å². The van der Waals surface area contributed by atoms with E-state index in [-0.39, 0.29) is 25.7 Å². The number of nitrogens with two attached hydrogens (primary N) is 1. The molecule has 10 nitrogen and oxygen atoms in total. The van der Waals surface area contributed by atoms with Gasteiger partial charge in [-0.1, -0.05) is 36.9 Å². The van der Waals surface area contributed by atoms with Gasteiger partial charge in [-0.05, 0) is 18.6 Å². The first-order valence-corrected chi connectivity index (χ1v) is 11.6. The summed E-state index contributed by atoms with van der Waals surface area (Å²) < 4.78 is 34.0. The Hall–Kier alpha value is -2.49. The zero-order chi connectivity index (χ0) is 22.3. The molecule has 2 unspecified atom stereocenters. The molecule has 3 N–H and O–H groups in total. The summed E-state index contributed by atoms with van der Waals surface area (Å²) in [4.78, 5) is 17.9. The van der Waals surface area contributed by atoms with Crippen LogP contribution in [0.25, 0.3) is 0 Å². The summed E-state index contributed by atoms with van der Waals surface area (Å²) in [5.41, 5.74) is 9.12. The number of hydrogen-bond donors (Lipinski definition) is 2. The molecular formula is C20H27N4O6P. The van der Waals surface area contributed by atoms with Gasteiger partial charge in [0.1, 0.15) is 23.8 Å². The van der Waals surface area contributed by atoms with Crippen LogP contribution in [0.15, 0.2) is 60.0 Å². The van der Waals surface area contributed by atoms with Crippen LogP contribution in [0.4, 0.5) is 0 Å². The molecule has 2 heterocycles. The smallest absolute Gasteiger partial charge is 0.372 e. The molecule has 3 atom stereocenters. The van der Waals surface area contributed by atoms with E-state index in [2.05, 4.69) is 17.1 Å². The van der Waals surface area contributed by atoms with Crippen molar-refractivity contribution in [3.63, 3.8) is 0 Å². The lowest BCUT2D eigenvalue weighted by Gasteiger charge is -2.32. The maximum atomic E-state index is 12.6. The van der Waals surface area contributed by atoms with Crippen molar-refractivity contribution < 1.29 is 28.0 Å². The van der Waals surface area contributed by atoms with E-state index < -0.39 is 19.6 Å². The van der Waals surface area contributed by atoms with Crippen LogP contribution in [0.5, 0.6) is 0 Å². The first kappa shape index (κ1) is 23.2. The Morgan fingerprint density at radius 2 is 2.23 bits per heavy atom. The molecule has 2 aliphatic heterocycles. The van der Waals surface area contributed by atoms with Crippen molar-refractivity contribution in [3.05, 3.63) is 60.6 Å². The summed E-state index contributed by atoms with van der Waals surface area (Å²) in [6, 6.07) is 8.86. The third-order valence-electron chi connectivity index (χ3n) is 4.54. The predicted molar refractivity (Wildman–Crippen MR) is 115 cm³/mol. The second-order valence-electron chi connectivity index (χ2n) is 7.08. The summed E-state index contributed by atoms with van der Waals surface area (Å²) in [7, 11) is -3.54. The van der Waals surface area contributed by atoms with E-state index >= 15 is 0 Å². The number of esters is 1. The van der Waals surface area contributed by atoms with Gasteiger partial charge in [0.05, 0.1) is 19.8 Å². The SMILES string of the molecule is C=C1N=C(N)C=CN1C[C@H]1COP(=O)(ONC(C)C(=O)OCCc2ccccc2)CO1. The number of aliphatic imine (C=N–C) groups is 1. The molecule has 168 valence electrons. The van der Waals surface area contributed by atoms with Crippen molar-refractivity contribution in [3.8, 4) is 0 Å². The average Bonchev–Trinajstić information content (AvgIpc) is 2.76. The Labute approximate surface area is 181 Å². The minimum atomic E-state index is -3.54. The van der Waals surface area contributed by atoms with E-state index in [1.54, 1.807) is 24.1 Å². The molecular weight excluding hydrogens is 423 g/mol. The molecule has 0 spiro atoms. The first-order chi connectivity index (χ1) is 14.8. The lowest BCUT2D eigenvalue weighted by molar-refractivity contribution is -0.148. The van der Waals surface area contributed by atoms with E-state index in [1.807, 2.05) is 30.3 Å². The monoisotopic (exact) mass is 450 g/mol. The lowest BCUT2D eigenvalue weighted by Crippen LogP contribution is -2.39. The maximum absolute atomic E-state index is 12.6. The molecule has 3 rings (SSSR count). The minimum absolute atomic E-state index is 0.0473. The zero-order valence-electron chi connectivity index (χ0n) is 17.3. The van der Waals surface area contributed by atoms with Gasteiger partial charge >= 0.3 is 13.6 Å². The minimum Gasteiger partial charge on any atom is -0.464 e. The number of rotatable bonds is 9. The quantitative estimate of drug-likeness (QED) is 0.330. The van der Waals surface area contributed by atoms with Gasteiger partial charge in [-0.2, -0.15) is 5.48 Å². The van der Waals surface area contributed by atoms with Crippen molar-refractivity contribution in [1.29, 1.82) is 0 Å². The molecule has 1 aromatic rings. The summed E-state index contributed by atoms with van der Waals surface area (Å²) in [5, 5.41) is 0. The van der Waals surface area contributed by atoms with Gasteiger partial charge in [0.25, 0.3) is 0 Å². The van der Waals surface area contributed by atoms with Crippen molar-refractivity contribution >= 4 is 19.4 Å². The van der Waals surface area contributed by atoms with E-state index in [0.717, 1.165) is 5.56 Å². The fourth-order valence-corrected chi connectivity index (χ4v) is 4.06. The third kappa shape index (κ3) is 7.02. The lowest BCUT2D eigenvalue weighted by atomic mass is 10.2. The number of nitrogens with zero attached hydrogens (tertiary/aromatic N) is 2. The van der Waals surface area contributed by atoms with Crippen LogP contribution in [0.3, 0.4) is 0 Å². The van der Waals surface area contributed by atoms with Gasteiger partial charge in [0.15, 0.2) is 6.35 Å². The average molecular weight is 450 g/mol. The van der Waals surface area contributed by atoms with Gasteiger partial charge in [-0.3, -0.25) is 9.36 Å². The fraction of sp³-hybridized carbons (Fsp3) is 0.400. The molecule has 0 bridgehead atoms. The highest BCUT2D eigenvalue weighted by atomic mass is 31.2. The molecule has 1 fully saturated rings. The predicted octanol–water partition coefficient (Wildman–Crippen LogP) is 1.91. The molecule has 0 aliphatic carbocycles. The molecule has 1 saturated heterocycles. The van der Waals surface area contributed by atoms with Gasteiger partial charge in [0.2, 0.25) is 0 Å². The van der Waals surface area contributed by atoms with Crippen molar-refractivity contribution in [2.24, 2.45) is 10.7 Å². The molecule has 0 aromatic heterocycles. The number of nitrogens with one attached hydrogen (secondary N) is 1. The molecule has 0 saturated carbocycles. The van der Waals surface area contributed by atoms with Gasteiger partial charge in [0, 0.05) is 12.6 Å². The van der Waals surface area contributed by atoms with Crippen LogP contribution in [0, 0.1) is 0 Å².